The van der Waals surface area contributed by atoms with Crippen LogP contribution >= 0.6 is 11.8 Å². The molecule has 0 saturated carbocycles. The van der Waals surface area contributed by atoms with E-state index >= 15 is 0 Å². The highest BCUT2D eigenvalue weighted by molar-refractivity contribution is 7.99. The van der Waals surface area contributed by atoms with Crippen LogP contribution in [0.5, 0.6) is 0 Å². The third kappa shape index (κ3) is 5.27. The maximum atomic E-state index is 13.0. The van der Waals surface area contributed by atoms with Crippen LogP contribution < -0.4 is 5.32 Å². The summed E-state index contributed by atoms with van der Waals surface area (Å²) in [6, 6.07) is 9.20. The van der Waals surface area contributed by atoms with Crippen LogP contribution in [0.25, 0.3) is 17.2 Å². The molecule has 0 bridgehead atoms. The number of nitrogens with one attached hydrogen (secondary N) is 1. The molecule has 0 aliphatic rings. The first-order chi connectivity index (χ1) is 16.0. The fraction of sp³-hybridized carbons (Fsp3) is 0.150. The van der Waals surface area contributed by atoms with Crippen LogP contribution in [0.1, 0.15) is 11.1 Å². The third-order valence-electron chi connectivity index (χ3n) is 4.35. The molecule has 34 heavy (non-hydrogen) atoms. The molecule has 0 saturated heterocycles. The van der Waals surface area contributed by atoms with E-state index in [0.717, 1.165) is 11.8 Å². The zero-order valence-electron chi connectivity index (χ0n) is 16.7. The lowest BCUT2D eigenvalue weighted by atomic mass is 10.1. The molecule has 0 fully saturated rings. The van der Waals surface area contributed by atoms with Gasteiger partial charge in [0.1, 0.15) is 10.7 Å². The van der Waals surface area contributed by atoms with Gasteiger partial charge in [-0.05, 0) is 42.5 Å². The average Bonchev–Trinajstić information content (AvgIpc) is 3.20. The van der Waals surface area contributed by atoms with Crippen molar-refractivity contribution in [2.75, 3.05) is 11.1 Å². The van der Waals surface area contributed by atoms with E-state index in [4.69, 9.17) is 0 Å². The average molecular weight is 498 g/mol. The van der Waals surface area contributed by atoms with Gasteiger partial charge in [-0.15, -0.1) is 10.2 Å². The van der Waals surface area contributed by atoms with Crippen LogP contribution in [0.3, 0.4) is 0 Å². The molecule has 1 N–H and O–H groups in total. The summed E-state index contributed by atoms with van der Waals surface area (Å²) in [5.74, 6) is -0.781. The first-order valence-electron chi connectivity index (χ1n) is 9.37. The molecule has 4 rings (SSSR count). The van der Waals surface area contributed by atoms with Gasteiger partial charge < -0.3 is 5.32 Å². The summed E-state index contributed by atoms with van der Waals surface area (Å²) >= 11 is 0.925. The molecule has 0 spiro atoms. The Morgan fingerprint density at radius 1 is 0.941 bits per heavy atom. The van der Waals surface area contributed by atoms with Crippen molar-refractivity contribution in [2.24, 2.45) is 0 Å². The third-order valence-corrected chi connectivity index (χ3v) is 5.27. The molecule has 1 aromatic carbocycles. The van der Waals surface area contributed by atoms with E-state index < -0.39 is 35.1 Å². The Hall–Kier alpha value is -3.68. The Balaban J connectivity index is 1.50. The number of aromatic nitrogens is 5. The minimum absolute atomic E-state index is 0.0120. The molecular weight excluding hydrogens is 486 g/mol. The van der Waals surface area contributed by atoms with E-state index in [0.29, 0.717) is 34.3 Å². The summed E-state index contributed by atoms with van der Waals surface area (Å²) in [4.78, 5) is 16.4. The lowest BCUT2D eigenvalue weighted by Gasteiger charge is -2.14. The molecule has 0 unspecified atom stereocenters. The Kier molecular flexibility index (Phi) is 6.17. The molecule has 0 atom stereocenters. The summed E-state index contributed by atoms with van der Waals surface area (Å²) in [5, 5.41) is 14.8. The predicted octanol–water partition coefficient (Wildman–Crippen LogP) is 4.95. The van der Waals surface area contributed by atoms with E-state index in [1.165, 1.54) is 4.52 Å². The first kappa shape index (κ1) is 23.5. The summed E-state index contributed by atoms with van der Waals surface area (Å²) in [7, 11) is 0. The second-order valence-corrected chi connectivity index (χ2v) is 7.81. The molecule has 0 aliphatic carbocycles. The fourth-order valence-corrected chi connectivity index (χ4v) is 3.52. The van der Waals surface area contributed by atoms with Crippen molar-refractivity contribution in [3.05, 3.63) is 65.9 Å². The maximum Gasteiger partial charge on any atom is 0.416 e. The van der Waals surface area contributed by atoms with E-state index in [-0.39, 0.29) is 11.8 Å². The number of hydrogen-bond acceptors (Lipinski definition) is 6. The quantitative estimate of drug-likeness (QED) is 0.310. The smallest absolute Gasteiger partial charge is 0.325 e. The molecule has 176 valence electrons. The molecular formula is C20H12F6N6OS. The van der Waals surface area contributed by atoms with Crippen molar-refractivity contribution in [3.8, 4) is 11.5 Å². The normalized spacial score (nSPS) is 12.2. The first-order valence-corrected chi connectivity index (χ1v) is 10.4. The zero-order valence-corrected chi connectivity index (χ0v) is 17.5. The number of fused-ring (bicyclic) bond motifs is 1. The van der Waals surface area contributed by atoms with Gasteiger partial charge in [0.2, 0.25) is 11.7 Å². The SMILES string of the molecule is O=C(CSc1ccc2nnc(-c3ccccn3)n2n1)Nc1cc(C(F)(F)F)cc(C(F)(F)F)c1. The minimum atomic E-state index is -5.01. The van der Waals surface area contributed by atoms with Crippen molar-refractivity contribution in [1.29, 1.82) is 0 Å². The number of hydrogen-bond donors (Lipinski definition) is 1. The second kappa shape index (κ2) is 8.93. The molecule has 1 amide bonds. The van der Waals surface area contributed by atoms with Crippen molar-refractivity contribution >= 4 is 29.0 Å². The van der Waals surface area contributed by atoms with Crippen LogP contribution in [0.2, 0.25) is 0 Å². The van der Waals surface area contributed by atoms with E-state index in [1.807, 2.05) is 0 Å². The summed E-state index contributed by atoms with van der Waals surface area (Å²) in [6.45, 7) is 0. The molecule has 0 radical (unpaired) electrons. The van der Waals surface area contributed by atoms with Crippen molar-refractivity contribution in [1.82, 2.24) is 24.8 Å². The van der Waals surface area contributed by atoms with Gasteiger partial charge in [-0.2, -0.15) is 36.0 Å². The highest BCUT2D eigenvalue weighted by Gasteiger charge is 2.37. The molecule has 3 aromatic heterocycles. The number of amides is 1. The van der Waals surface area contributed by atoms with E-state index in [1.54, 1.807) is 36.5 Å². The summed E-state index contributed by atoms with van der Waals surface area (Å²) in [6.07, 6.45) is -8.46. The zero-order chi connectivity index (χ0) is 24.5. The fourth-order valence-electron chi connectivity index (χ4n) is 2.87. The molecule has 14 heteroatoms. The Bertz CT molecular complexity index is 1310. The number of alkyl halides is 6. The number of rotatable bonds is 5. The topological polar surface area (TPSA) is 85.1 Å². The van der Waals surface area contributed by atoms with Gasteiger partial charge in [-0.3, -0.25) is 9.78 Å². The lowest BCUT2D eigenvalue weighted by Crippen LogP contribution is -2.17. The highest BCUT2D eigenvalue weighted by Crippen LogP contribution is 2.37. The van der Waals surface area contributed by atoms with Gasteiger partial charge in [-0.25, -0.2) is 0 Å². The van der Waals surface area contributed by atoms with Gasteiger partial charge in [0.15, 0.2) is 5.65 Å². The summed E-state index contributed by atoms with van der Waals surface area (Å²) in [5.41, 5.74) is -2.74. The number of benzene rings is 1. The van der Waals surface area contributed by atoms with Crippen molar-refractivity contribution < 1.29 is 31.1 Å². The number of halogens is 6. The summed E-state index contributed by atoms with van der Waals surface area (Å²) < 4.78 is 79.3. The monoisotopic (exact) mass is 498 g/mol. The molecule has 0 aliphatic heterocycles. The van der Waals surface area contributed by atoms with Gasteiger partial charge >= 0.3 is 12.4 Å². The molecule has 7 nitrogen and oxygen atoms in total. The van der Waals surface area contributed by atoms with Crippen molar-refractivity contribution in [3.63, 3.8) is 0 Å². The number of nitrogens with zero attached hydrogens (tertiary/aromatic N) is 5. The van der Waals surface area contributed by atoms with E-state index in [9.17, 15) is 31.1 Å². The molecule has 3 heterocycles. The second-order valence-electron chi connectivity index (χ2n) is 6.81. The Morgan fingerprint density at radius 3 is 2.26 bits per heavy atom. The number of anilines is 1. The van der Waals surface area contributed by atoms with Crippen molar-refractivity contribution in [2.45, 2.75) is 17.4 Å². The Morgan fingerprint density at radius 2 is 1.65 bits per heavy atom. The number of pyridine rings is 1. The van der Waals surface area contributed by atoms with Crippen LogP contribution in [0.15, 0.2) is 59.8 Å². The Labute approximate surface area is 191 Å². The van der Waals surface area contributed by atoms with Crippen LogP contribution in [0.4, 0.5) is 32.0 Å². The highest BCUT2D eigenvalue weighted by atomic mass is 32.2. The number of carbonyl (C=O) groups is 1. The van der Waals surface area contributed by atoms with Crippen LogP contribution in [0, 0.1) is 0 Å². The minimum Gasteiger partial charge on any atom is -0.325 e. The largest absolute Gasteiger partial charge is 0.416 e. The standard InChI is InChI=1S/C20H12F6N6OS/c21-19(22,23)11-7-12(20(24,25)26)9-13(8-11)28-16(33)10-34-17-5-4-15-29-30-18(32(15)31-17)14-3-1-2-6-27-14/h1-9H,10H2,(H,28,33). The van der Waals surface area contributed by atoms with Crippen LogP contribution in [-0.2, 0) is 17.1 Å². The molecule has 4 aromatic rings. The maximum absolute atomic E-state index is 13.0. The van der Waals surface area contributed by atoms with E-state index in [2.05, 4.69) is 25.6 Å². The van der Waals surface area contributed by atoms with Crippen LogP contribution in [-0.4, -0.2) is 36.5 Å². The van der Waals surface area contributed by atoms with Gasteiger partial charge in [0.25, 0.3) is 0 Å². The van der Waals surface area contributed by atoms with Gasteiger partial charge in [-0.1, -0.05) is 17.8 Å². The number of thioether (sulfide) groups is 1. The van der Waals surface area contributed by atoms with Gasteiger partial charge in [0.05, 0.1) is 16.9 Å². The predicted molar refractivity (Wildman–Crippen MR) is 110 cm³/mol. The number of carbonyl (C=O) groups excluding carboxylic acids is 1. The van der Waals surface area contributed by atoms with Gasteiger partial charge in [0, 0.05) is 11.9 Å². The lowest BCUT2D eigenvalue weighted by molar-refractivity contribution is -0.143.